The van der Waals surface area contributed by atoms with Gasteiger partial charge in [0.05, 0.1) is 30.3 Å². The van der Waals surface area contributed by atoms with Gasteiger partial charge in [-0.15, -0.1) is 0 Å². The summed E-state index contributed by atoms with van der Waals surface area (Å²) in [5, 5.41) is 11.3. The number of aromatic nitrogens is 1. The first-order valence-corrected chi connectivity index (χ1v) is 13.6. The maximum Gasteiger partial charge on any atom is 0.410 e. The Labute approximate surface area is 239 Å². The number of ether oxygens (including phenoxy) is 3. The van der Waals surface area contributed by atoms with E-state index in [1.165, 1.54) is 12.7 Å². The molecule has 212 valence electrons. The third kappa shape index (κ3) is 7.31. The summed E-state index contributed by atoms with van der Waals surface area (Å²) in [5.74, 6) is 0.490. The van der Waals surface area contributed by atoms with E-state index in [2.05, 4.69) is 4.98 Å². The van der Waals surface area contributed by atoms with Crippen LogP contribution in [0.4, 0.5) is 4.79 Å². The highest BCUT2D eigenvalue weighted by atomic mass is 35.5. The van der Waals surface area contributed by atoms with E-state index in [0.717, 1.165) is 24.1 Å². The van der Waals surface area contributed by atoms with Crippen LogP contribution in [0.1, 0.15) is 66.0 Å². The number of aliphatic hydroxyl groups is 1. The molecule has 0 fully saturated rings. The van der Waals surface area contributed by atoms with Gasteiger partial charge in [-0.2, -0.15) is 0 Å². The van der Waals surface area contributed by atoms with Crippen molar-refractivity contribution in [3.63, 3.8) is 0 Å². The van der Waals surface area contributed by atoms with Gasteiger partial charge in [0.2, 0.25) is 0 Å². The van der Waals surface area contributed by atoms with Gasteiger partial charge in [-0.05, 0) is 94.5 Å². The molecule has 3 aromatic rings. The average Bonchev–Trinajstić information content (AvgIpc) is 2.91. The van der Waals surface area contributed by atoms with Crippen molar-refractivity contribution in [3.8, 4) is 11.5 Å². The first-order valence-electron chi connectivity index (χ1n) is 13.2. The highest BCUT2D eigenvalue weighted by Gasteiger charge is 2.33. The fraction of sp³-hybridized carbons (Fsp3) is 0.387. The van der Waals surface area contributed by atoms with E-state index in [1.54, 1.807) is 29.3 Å². The molecule has 0 bridgehead atoms. The minimum absolute atomic E-state index is 0.0803. The second kappa shape index (κ2) is 12.3. The molecule has 1 aliphatic rings. The normalized spacial score (nSPS) is 15.5. The van der Waals surface area contributed by atoms with Crippen molar-refractivity contribution in [2.75, 3.05) is 13.7 Å². The van der Waals surface area contributed by atoms with Crippen LogP contribution in [0.3, 0.4) is 0 Å². The van der Waals surface area contributed by atoms with Crippen molar-refractivity contribution >= 4 is 23.7 Å². The van der Waals surface area contributed by atoms with Crippen LogP contribution in [0.15, 0.2) is 54.7 Å². The molecule has 40 heavy (non-hydrogen) atoms. The van der Waals surface area contributed by atoms with Crippen LogP contribution in [0.2, 0.25) is 5.02 Å². The Morgan fingerprint density at radius 3 is 2.50 bits per heavy atom. The van der Waals surface area contributed by atoms with Gasteiger partial charge in [0, 0.05) is 23.5 Å². The van der Waals surface area contributed by atoms with Crippen molar-refractivity contribution in [2.45, 2.75) is 64.7 Å². The number of halogens is 1. The van der Waals surface area contributed by atoms with Gasteiger partial charge in [-0.25, -0.2) is 9.59 Å². The molecule has 4 rings (SSSR count). The number of aliphatic hydroxyl groups excluding tert-OH is 1. The number of benzene rings is 2. The Bertz CT molecular complexity index is 1370. The summed E-state index contributed by atoms with van der Waals surface area (Å²) < 4.78 is 16.6. The lowest BCUT2D eigenvalue weighted by Crippen LogP contribution is -2.47. The standard InChI is InChI=1S/C31H35ClN2O6/c1-19-6-7-21(17-33-19)28(35)18-34(30(37)40-31(2,3)4)23-10-8-20-9-11-24(15-22(20)14-23)39-25-12-13-27(32)26(16-25)29(36)38-5/h6-7,9,11-13,15-17,23,28,35H,8,10,14,18H2,1-5H3/t23-,28+/m0/s1. The zero-order valence-corrected chi connectivity index (χ0v) is 24.2. The van der Waals surface area contributed by atoms with E-state index < -0.39 is 23.8 Å². The molecule has 9 heteroatoms. The quantitative estimate of drug-likeness (QED) is 0.328. The maximum atomic E-state index is 13.3. The lowest BCUT2D eigenvalue weighted by Gasteiger charge is -2.37. The van der Waals surface area contributed by atoms with Gasteiger partial charge in [0.1, 0.15) is 17.1 Å². The van der Waals surface area contributed by atoms with Gasteiger partial charge < -0.3 is 24.2 Å². The predicted molar refractivity (Wildman–Crippen MR) is 152 cm³/mol. The predicted octanol–water partition coefficient (Wildman–Crippen LogP) is 6.45. The zero-order chi connectivity index (χ0) is 29.0. The molecule has 1 amide bonds. The fourth-order valence-corrected chi connectivity index (χ4v) is 4.87. The minimum atomic E-state index is -0.911. The molecule has 0 aliphatic heterocycles. The van der Waals surface area contributed by atoms with Crippen LogP contribution in [0.5, 0.6) is 11.5 Å². The number of nitrogens with zero attached hydrogens (tertiary/aromatic N) is 2. The molecule has 1 heterocycles. The van der Waals surface area contributed by atoms with E-state index in [4.69, 9.17) is 25.8 Å². The molecule has 0 spiro atoms. The molecule has 0 saturated heterocycles. The van der Waals surface area contributed by atoms with E-state index in [0.29, 0.717) is 23.5 Å². The van der Waals surface area contributed by atoms with Crippen molar-refractivity contribution in [1.82, 2.24) is 9.88 Å². The Morgan fingerprint density at radius 2 is 1.82 bits per heavy atom. The van der Waals surface area contributed by atoms with Crippen LogP contribution < -0.4 is 4.74 Å². The Kier molecular flexibility index (Phi) is 9.01. The molecule has 0 saturated carbocycles. The summed E-state index contributed by atoms with van der Waals surface area (Å²) in [6, 6.07) is 14.1. The topological polar surface area (TPSA) is 98.2 Å². The Balaban J connectivity index is 1.56. The largest absolute Gasteiger partial charge is 0.465 e. The number of aryl methyl sites for hydroxylation is 2. The number of carbonyl (C=O) groups is 2. The summed E-state index contributed by atoms with van der Waals surface area (Å²) in [6.45, 7) is 7.44. The van der Waals surface area contributed by atoms with Gasteiger partial charge >= 0.3 is 12.1 Å². The first-order chi connectivity index (χ1) is 18.9. The van der Waals surface area contributed by atoms with Gasteiger partial charge in [-0.1, -0.05) is 23.7 Å². The summed E-state index contributed by atoms with van der Waals surface area (Å²) in [7, 11) is 1.29. The Morgan fingerprint density at radius 1 is 1.10 bits per heavy atom. The molecule has 2 atom stereocenters. The number of pyridine rings is 1. The van der Waals surface area contributed by atoms with Crippen LogP contribution in [0.25, 0.3) is 0 Å². The molecule has 8 nitrogen and oxygen atoms in total. The number of amides is 1. The second-order valence-electron chi connectivity index (χ2n) is 10.9. The number of carbonyl (C=O) groups excluding carboxylic acids is 2. The first kappa shape index (κ1) is 29.4. The average molecular weight is 567 g/mol. The summed E-state index contributed by atoms with van der Waals surface area (Å²) >= 11 is 6.14. The number of hydrogen-bond acceptors (Lipinski definition) is 7. The SMILES string of the molecule is COC(=O)c1cc(Oc2ccc3c(c2)C[C@@H](N(C[C@@H](O)c2ccc(C)nc2)C(=O)OC(C)(C)C)CC3)ccc1Cl. The highest BCUT2D eigenvalue weighted by Crippen LogP contribution is 2.33. The van der Waals surface area contributed by atoms with Crippen LogP contribution in [-0.2, 0) is 22.3 Å². The molecular formula is C31H35ClN2O6. The van der Waals surface area contributed by atoms with E-state index >= 15 is 0 Å². The molecule has 1 aliphatic carbocycles. The summed E-state index contributed by atoms with van der Waals surface area (Å²) in [5.41, 5.74) is 3.23. The van der Waals surface area contributed by atoms with Crippen molar-refractivity contribution < 1.29 is 28.9 Å². The van der Waals surface area contributed by atoms with Crippen LogP contribution in [-0.4, -0.2) is 52.4 Å². The van der Waals surface area contributed by atoms with Crippen LogP contribution >= 0.6 is 11.6 Å². The number of esters is 1. The lowest BCUT2D eigenvalue weighted by molar-refractivity contribution is 0.00190. The molecule has 0 radical (unpaired) electrons. The van der Waals surface area contributed by atoms with E-state index in [1.807, 2.05) is 58.0 Å². The maximum absolute atomic E-state index is 13.3. The molecule has 1 aromatic heterocycles. The number of methoxy groups -OCH3 is 1. The minimum Gasteiger partial charge on any atom is -0.465 e. The zero-order valence-electron chi connectivity index (χ0n) is 23.4. The highest BCUT2D eigenvalue weighted by molar-refractivity contribution is 6.33. The lowest BCUT2D eigenvalue weighted by atomic mass is 9.87. The monoisotopic (exact) mass is 566 g/mol. The molecule has 2 aromatic carbocycles. The number of fused-ring (bicyclic) bond motifs is 1. The van der Waals surface area contributed by atoms with Gasteiger partial charge in [0.15, 0.2) is 0 Å². The fourth-order valence-electron chi connectivity index (χ4n) is 4.68. The van der Waals surface area contributed by atoms with Crippen molar-refractivity contribution in [1.29, 1.82) is 0 Å². The van der Waals surface area contributed by atoms with E-state index in [9.17, 15) is 14.7 Å². The van der Waals surface area contributed by atoms with Crippen LogP contribution in [0, 0.1) is 6.92 Å². The summed E-state index contributed by atoms with van der Waals surface area (Å²) in [6.07, 6.45) is 2.31. The summed E-state index contributed by atoms with van der Waals surface area (Å²) in [4.78, 5) is 31.3. The van der Waals surface area contributed by atoms with Crippen molar-refractivity contribution in [2.24, 2.45) is 0 Å². The molecular weight excluding hydrogens is 532 g/mol. The number of hydrogen-bond donors (Lipinski definition) is 1. The smallest absolute Gasteiger partial charge is 0.410 e. The Hall–Kier alpha value is -3.62. The number of rotatable bonds is 7. The second-order valence-corrected chi connectivity index (χ2v) is 11.4. The van der Waals surface area contributed by atoms with Gasteiger partial charge in [-0.3, -0.25) is 4.98 Å². The third-order valence-corrected chi connectivity index (χ3v) is 7.05. The van der Waals surface area contributed by atoms with Gasteiger partial charge in [0.25, 0.3) is 0 Å². The van der Waals surface area contributed by atoms with Crippen molar-refractivity contribution in [3.05, 3.63) is 87.7 Å². The third-order valence-electron chi connectivity index (χ3n) is 6.72. The molecule has 1 N–H and O–H groups in total. The molecule has 0 unspecified atom stereocenters. The van der Waals surface area contributed by atoms with E-state index in [-0.39, 0.29) is 23.2 Å².